The predicted molar refractivity (Wildman–Crippen MR) is 53.7 cm³/mol. The van der Waals surface area contributed by atoms with Gasteiger partial charge in [0.15, 0.2) is 0 Å². The highest BCUT2D eigenvalue weighted by atomic mass is 16.2. The average Bonchev–Trinajstić information content (AvgIpc) is 2.19. The first-order chi connectivity index (χ1) is 6.40. The molecule has 0 bridgehead atoms. The van der Waals surface area contributed by atoms with Crippen LogP contribution >= 0.6 is 0 Å². The van der Waals surface area contributed by atoms with Crippen molar-refractivity contribution < 1.29 is 9.59 Å². The van der Waals surface area contributed by atoms with Crippen LogP contribution in [-0.4, -0.2) is 35.3 Å². The van der Waals surface area contributed by atoms with Crippen LogP contribution in [0.25, 0.3) is 0 Å². The molecule has 1 N–H and O–H groups in total. The first-order valence-electron chi connectivity index (χ1n) is 4.99. The van der Waals surface area contributed by atoms with Gasteiger partial charge in [0.2, 0.25) is 11.8 Å². The molecule has 2 atom stereocenters. The maximum Gasteiger partial charge on any atom is 0.248 e. The highest BCUT2D eigenvalue weighted by Gasteiger charge is 2.39. The summed E-state index contributed by atoms with van der Waals surface area (Å²) in [5.74, 6) is -0.0436. The summed E-state index contributed by atoms with van der Waals surface area (Å²) in [6.07, 6.45) is 1.01. The molecule has 2 amide bonds. The number of nitrogens with one attached hydrogen (secondary N) is 1. The highest BCUT2D eigenvalue weighted by molar-refractivity contribution is 5.93. The standard InChI is InChI=1S/C10H18N2O2/c1-5-10(3)9(14)12(4)7(2)6-8(13)11-10/h7H,5-6H2,1-4H3,(H,11,13). The van der Waals surface area contributed by atoms with Crippen molar-refractivity contribution in [1.29, 1.82) is 0 Å². The molecule has 1 aliphatic heterocycles. The van der Waals surface area contributed by atoms with E-state index in [1.54, 1.807) is 18.9 Å². The number of carbonyl (C=O) groups excluding carboxylic acids is 2. The SMILES string of the molecule is CCC1(C)NC(=O)CC(C)N(C)C1=O. The van der Waals surface area contributed by atoms with Gasteiger partial charge in [-0.3, -0.25) is 9.59 Å². The lowest BCUT2D eigenvalue weighted by Crippen LogP contribution is -2.54. The van der Waals surface area contributed by atoms with E-state index in [-0.39, 0.29) is 17.9 Å². The van der Waals surface area contributed by atoms with Gasteiger partial charge in [0.05, 0.1) is 0 Å². The van der Waals surface area contributed by atoms with Crippen LogP contribution in [0.4, 0.5) is 0 Å². The van der Waals surface area contributed by atoms with Crippen molar-refractivity contribution in [3.05, 3.63) is 0 Å². The van der Waals surface area contributed by atoms with E-state index in [0.717, 1.165) is 0 Å². The summed E-state index contributed by atoms with van der Waals surface area (Å²) in [5.41, 5.74) is -0.726. The maximum atomic E-state index is 12.0. The Bertz CT molecular complexity index is 265. The van der Waals surface area contributed by atoms with Gasteiger partial charge in [0.1, 0.15) is 5.54 Å². The van der Waals surface area contributed by atoms with Crippen molar-refractivity contribution in [1.82, 2.24) is 10.2 Å². The minimum Gasteiger partial charge on any atom is -0.342 e. The summed E-state index contributed by atoms with van der Waals surface area (Å²) in [6.45, 7) is 5.57. The van der Waals surface area contributed by atoms with Crippen LogP contribution in [0.2, 0.25) is 0 Å². The van der Waals surface area contributed by atoms with E-state index >= 15 is 0 Å². The molecule has 0 radical (unpaired) electrons. The molecule has 0 saturated carbocycles. The molecule has 80 valence electrons. The van der Waals surface area contributed by atoms with E-state index in [4.69, 9.17) is 0 Å². The minimum atomic E-state index is -0.726. The van der Waals surface area contributed by atoms with Gasteiger partial charge in [-0.1, -0.05) is 6.92 Å². The molecular weight excluding hydrogens is 180 g/mol. The van der Waals surface area contributed by atoms with E-state index in [2.05, 4.69) is 5.32 Å². The van der Waals surface area contributed by atoms with Gasteiger partial charge < -0.3 is 10.2 Å². The summed E-state index contributed by atoms with van der Waals surface area (Å²) in [7, 11) is 1.75. The Morgan fingerprint density at radius 1 is 1.57 bits per heavy atom. The third kappa shape index (κ3) is 1.74. The van der Waals surface area contributed by atoms with Gasteiger partial charge in [0, 0.05) is 19.5 Å². The second-order valence-electron chi connectivity index (χ2n) is 4.20. The molecule has 0 aromatic carbocycles. The summed E-state index contributed by atoms with van der Waals surface area (Å²) in [4.78, 5) is 25.1. The topological polar surface area (TPSA) is 49.4 Å². The van der Waals surface area contributed by atoms with Crippen molar-refractivity contribution in [3.63, 3.8) is 0 Å². The second-order valence-corrected chi connectivity index (χ2v) is 4.20. The van der Waals surface area contributed by atoms with Gasteiger partial charge in [-0.05, 0) is 20.3 Å². The quantitative estimate of drug-likeness (QED) is 0.668. The summed E-state index contributed by atoms with van der Waals surface area (Å²) in [6, 6.07) is -0.0177. The van der Waals surface area contributed by atoms with Crippen LogP contribution in [0.3, 0.4) is 0 Å². The molecule has 1 saturated heterocycles. The zero-order valence-corrected chi connectivity index (χ0v) is 9.26. The van der Waals surface area contributed by atoms with Crippen molar-refractivity contribution in [2.75, 3.05) is 7.05 Å². The molecule has 1 heterocycles. The maximum absolute atomic E-state index is 12.0. The van der Waals surface area contributed by atoms with E-state index in [1.807, 2.05) is 13.8 Å². The van der Waals surface area contributed by atoms with Gasteiger partial charge in [-0.15, -0.1) is 0 Å². The Hall–Kier alpha value is -1.06. The molecule has 14 heavy (non-hydrogen) atoms. The highest BCUT2D eigenvalue weighted by Crippen LogP contribution is 2.19. The van der Waals surface area contributed by atoms with E-state index in [1.165, 1.54) is 0 Å². The smallest absolute Gasteiger partial charge is 0.248 e. The molecule has 4 nitrogen and oxygen atoms in total. The Kier molecular flexibility index (Phi) is 2.83. The molecule has 1 rings (SSSR count). The van der Waals surface area contributed by atoms with Crippen molar-refractivity contribution >= 4 is 11.8 Å². The van der Waals surface area contributed by atoms with E-state index in [9.17, 15) is 9.59 Å². The zero-order valence-electron chi connectivity index (χ0n) is 9.26. The predicted octanol–water partition coefficient (Wildman–Crippen LogP) is 0.522. The molecular formula is C10H18N2O2. The van der Waals surface area contributed by atoms with Crippen LogP contribution < -0.4 is 5.32 Å². The fraction of sp³-hybridized carbons (Fsp3) is 0.800. The van der Waals surface area contributed by atoms with Gasteiger partial charge in [-0.2, -0.15) is 0 Å². The van der Waals surface area contributed by atoms with Crippen LogP contribution in [0.15, 0.2) is 0 Å². The van der Waals surface area contributed by atoms with Crippen molar-refractivity contribution in [2.24, 2.45) is 0 Å². The molecule has 0 aromatic heterocycles. The second kappa shape index (κ2) is 3.59. The van der Waals surface area contributed by atoms with E-state index < -0.39 is 5.54 Å². The van der Waals surface area contributed by atoms with Crippen molar-refractivity contribution in [3.8, 4) is 0 Å². The lowest BCUT2D eigenvalue weighted by atomic mass is 9.97. The third-order valence-electron chi connectivity index (χ3n) is 3.06. The number of carbonyl (C=O) groups is 2. The Morgan fingerprint density at radius 2 is 2.14 bits per heavy atom. The lowest BCUT2D eigenvalue weighted by molar-refractivity contribution is -0.138. The van der Waals surface area contributed by atoms with Crippen LogP contribution in [0.5, 0.6) is 0 Å². The molecule has 4 heteroatoms. The molecule has 1 aliphatic rings. The lowest BCUT2D eigenvalue weighted by Gasteiger charge is -2.30. The molecule has 0 spiro atoms. The number of amides is 2. The Morgan fingerprint density at radius 3 is 2.64 bits per heavy atom. The van der Waals surface area contributed by atoms with Crippen LogP contribution in [0, 0.1) is 0 Å². The zero-order chi connectivity index (χ0) is 10.9. The molecule has 2 unspecified atom stereocenters. The number of likely N-dealkylation sites (N-methyl/N-ethyl adjacent to an activating group) is 1. The first kappa shape index (κ1) is 11.0. The Balaban J connectivity index is 2.99. The van der Waals surface area contributed by atoms with Crippen LogP contribution in [0.1, 0.15) is 33.6 Å². The van der Waals surface area contributed by atoms with Crippen LogP contribution in [-0.2, 0) is 9.59 Å². The first-order valence-corrected chi connectivity index (χ1v) is 4.99. The number of nitrogens with zero attached hydrogens (tertiary/aromatic N) is 1. The monoisotopic (exact) mass is 198 g/mol. The average molecular weight is 198 g/mol. The normalized spacial score (nSPS) is 34.0. The van der Waals surface area contributed by atoms with Crippen molar-refractivity contribution in [2.45, 2.75) is 45.2 Å². The summed E-state index contributed by atoms with van der Waals surface area (Å²) >= 11 is 0. The molecule has 0 aliphatic carbocycles. The Labute approximate surface area is 84.7 Å². The van der Waals surface area contributed by atoms with Gasteiger partial charge in [0.25, 0.3) is 0 Å². The molecule has 0 aromatic rings. The largest absolute Gasteiger partial charge is 0.342 e. The van der Waals surface area contributed by atoms with Gasteiger partial charge in [-0.25, -0.2) is 0 Å². The number of hydrogen-bond acceptors (Lipinski definition) is 2. The summed E-state index contributed by atoms with van der Waals surface area (Å²) in [5, 5.41) is 2.79. The van der Waals surface area contributed by atoms with E-state index in [0.29, 0.717) is 12.8 Å². The molecule has 1 fully saturated rings. The number of rotatable bonds is 1. The number of hydrogen-bond donors (Lipinski definition) is 1. The fourth-order valence-electron chi connectivity index (χ4n) is 1.65. The fourth-order valence-corrected chi connectivity index (χ4v) is 1.65. The summed E-state index contributed by atoms with van der Waals surface area (Å²) < 4.78 is 0. The van der Waals surface area contributed by atoms with Gasteiger partial charge >= 0.3 is 0 Å². The third-order valence-corrected chi connectivity index (χ3v) is 3.06. The minimum absolute atomic E-state index is 0.00153.